The minimum absolute atomic E-state index is 0.000676. The van der Waals surface area contributed by atoms with Gasteiger partial charge in [-0.3, -0.25) is 9.59 Å². The molecule has 0 aliphatic rings. The van der Waals surface area contributed by atoms with E-state index in [1.54, 1.807) is 36.4 Å². The monoisotopic (exact) mass is 564 g/mol. The van der Waals surface area contributed by atoms with E-state index in [1.165, 1.54) is 23.9 Å². The molecule has 0 aliphatic carbocycles. The summed E-state index contributed by atoms with van der Waals surface area (Å²) in [6.45, 7) is 7.39. The molecule has 6 nitrogen and oxygen atoms in total. The van der Waals surface area contributed by atoms with Crippen LogP contribution in [0.25, 0.3) is 6.08 Å². The van der Waals surface area contributed by atoms with Gasteiger partial charge in [-0.15, -0.1) is 0 Å². The van der Waals surface area contributed by atoms with Gasteiger partial charge >= 0.3 is 12.1 Å². The third kappa shape index (κ3) is 9.95. The molecule has 0 heterocycles. The fourth-order valence-electron chi connectivity index (χ4n) is 2.90. The van der Waals surface area contributed by atoms with E-state index in [1.807, 2.05) is 0 Å². The van der Waals surface area contributed by atoms with Crippen molar-refractivity contribution in [1.29, 1.82) is 0 Å². The van der Waals surface area contributed by atoms with Crippen LogP contribution in [0.3, 0.4) is 0 Å². The van der Waals surface area contributed by atoms with Crippen molar-refractivity contribution in [3.05, 3.63) is 113 Å². The van der Waals surface area contributed by atoms with E-state index < -0.39 is 35.6 Å². The molecule has 0 fully saturated rings. The largest absolute Gasteiger partial charge is 0.480 e. The van der Waals surface area contributed by atoms with Crippen LogP contribution < -0.4 is 10.6 Å². The van der Waals surface area contributed by atoms with Crippen LogP contribution in [0.15, 0.2) is 91.2 Å². The van der Waals surface area contributed by atoms with Crippen LogP contribution in [0.4, 0.5) is 13.2 Å². The maximum absolute atomic E-state index is 13.0. The second-order valence-electron chi connectivity index (χ2n) is 7.77. The molecule has 2 rings (SSSR count). The number of alkyl halides is 3. The topological polar surface area (TPSA) is 95.5 Å². The number of thioether (sulfide) groups is 1. The lowest BCUT2D eigenvalue weighted by atomic mass is 10.1. The lowest BCUT2D eigenvalue weighted by Crippen LogP contribution is -2.45. The second-order valence-corrected chi connectivity index (χ2v) is 9.24. The van der Waals surface area contributed by atoms with E-state index in [2.05, 4.69) is 23.8 Å². The molecule has 2 amide bonds. The van der Waals surface area contributed by atoms with Gasteiger partial charge in [0.15, 0.2) is 0 Å². The van der Waals surface area contributed by atoms with E-state index in [0.29, 0.717) is 16.3 Å². The highest BCUT2D eigenvalue weighted by Crippen LogP contribution is 2.29. The standard InChI is InChI=1S/C27H24ClF3N2O4S/c1-3-4-6-17(2)15-38-16-23(26(36)37)33-25(35)22(14-18-7-5-8-21(28)13-18)32-24(34)19-9-11-20(12-10-19)27(29,30)31/h3-14,23H,1-2,15-16H2,(H,32,34)(H,33,35)(H,36,37)/b6-4-,22-14+/t23-/m0/s1. The first kappa shape index (κ1) is 30.5. The first-order valence-corrected chi connectivity index (χ1v) is 12.5. The van der Waals surface area contributed by atoms with Crippen LogP contribution in [-0.2, 0) is 15.8 Å². The first-order chi connectivity index (χ1) is 17.9. The van der Waals surface area contributed by atoms with Crippen LogP contribution in [-0.4, -0.2) is 40.4 Å². The Morgan fingerprint density at radius 3 is 2.39 bits per heavy atom. The first-order valence-electron chi connectivity index (χ1n) is 10.9. The Kier molecular flexibility index (Phi) is 11.4. The van der Waals surface area contributed by atoms with Gasteiger partial charge in [0.2, 0.25) is 0 Å². The molecule has 38 heavy (non-hydrogen) atoms. The Bertz CT molecular complexity index is 1260. The lowest BCUT2D eigenvalue weighted by Gasteiger charge is -2.17. The normalized spacial score (nSPS) is 12.6. The lowest BCUT2D eigenvalue weighted by molar-refractivity contribution is -0.140. The fraction of sp³-hybridized carbons (Fsp3) is 0.148. The highest BCUT2D eigenvalue weighted by atomic mass is 35.5. The number of rotatable bonds is 12. The number of nitrogens with one attached hydrogen (secondary N) is 2. The number of carbonyl (C=O) groups is 3. The summed E-state index contributed by atoms with van der Waals surface area (Å²) in [6, 6.07) is 8.41. The van der Waals surface area contributed by atoms with E-state index in [0.717, 1.165) is 29.8 Å². The van der Waals surface area contributed by atoms with E-state index in [4.69, 9.17) is 11.6 Å². The Balaban J connectivity index is 2.24. The summed E-state index contributed by atoms with van der Waals surface area (Å²) in [5.41, 5.74) is -0.269. The minimum Gasteiger partial charge on any atom is -0.480 e. The summed E-state index contributed by atoms with van der Waals surface area (Å²) in [7, 11) is 0. The van der Waals surface area contributed by atoms with Gasteiger partial charge in [-0.2, -0.15) is 24.9 Å². The van der Waals surface area contributed by atoms with E-state index >= 15 is 0 Å². The zero-order valence-electron chi connectivity index (χ0n) is 19.9. The van der Waals surface area contributed by atoms with Crippen molar-refractivity contribution in [1.82, 2.24) is 10.6 Å². The maximum Gasteiger partial charge on any atom is 0.416 e. The van der Waals surface area contributed by atoms with Crippen LogP contribution >= 0.6 is 23.4 Å². The maximum atomic E-state index is 13.0. The van der Waals surface area contributed by atoms with Crippen molar-refractivity contribution >= 4 is 47.2 Å². The van der Waals surface area contributed by atoms with E-state index in [9.17, 15) is 32.7 Å². The Labute approximate surface area is 227 Å². The molecule has 0 saturated carbocycles. The number of amides is 2. The molecular weight excluding hydrogens is 541 g/mol. The van der Waals surface area contributed by atoms with Crippen molar-refractivity contribution in [2.75, 3.05) is 11.5 Å². The molecule has 2 aromatic carbocycles. The van der Waals surface area contributed by atoms with Gasteiger partial charge in [-0.25, -0.2) is 4.79 Å². The summed E-state index contributed by atoms with van der Waals surface area (Å²) in [5.74, 6) is -2.68. The van der Waals surface area contributed by atoms with Crippen molar-refractivity contribution in [3.8, 4) is 0 Å². The average Bonchev–Trinajstić information content (AvgIpc) is 2.85. The number of hydrogen-bond donors (Lipinski definition) is 3. The quantitative estimate of drug-likeness (QED) is 0.226. The molecular formula is C27H24ClF3N2O4S. The Hall–Kier alpha value is -3.76. The molecule has 11 heteroatoms. The van der Waals surface area contributed by atoms with Gasteiger partial charge in [0.05, 0.1) is 5.56 Å². The molecule has 0 aliphatic heterocycles. The molecule has 0 bridgehead atoms. The number of aliphatic carboxylic acids is 1. The van der Waals surface area contributed by atoms with Gasteiger partial charge in [-0.1, -0.05) is 55.1 Å². The SMILES string of the molecule is C=C/C=C\C(=C)CSC[C@H](NC(=O)/C(=C\c1cccc(Cl)c1)NC(=O)c1ccc(C(F)(F)F)cc1)C(=O)O. The molecule has 2 aromatic rings. The predicted octanol–water partition coefficient (Wildman–Crippen LogP) is 5.73. The summed E-state index contributed by atoms with van der Waals surface area (Å²) < 4.78 is 38.6. The number of benzene rings is 2. The number of hydrogen-bond acceptors (Lipinski definition) is 4. The number of halogens is 4. The van der Waals surface area contributed by atoms with Crippen molar-refractivity contribution < 1.29 is 32.7 Å². The van der Waals surface area contributed by atoms with Crippen LogP contribution in [0.5, 0.6) is 0 Å². The Morgan fingerprint density at radius 2 is 1.82 bits per heavy atom. The van der Waals surface area contributed by atoms with Crippen molar-refractivity contribution in [3.63, 3.8) is 0 Å². The highest BCUT2D eigenvalue weighted by Gasteiger charge is 2.30. The van der Waals surface area contributed by atoms with Crippen LogP contribution in [0, 0.1) is 0 Å². The molecule has 0 aromatic heterocycles. The zero-order chi connectivity index (χ0) is 28.3. The molecule has 0 radical (unpaired) electrons. The smallest absolute Gasteiger partial charge is 0.416 e. The molecule has 0 spiro atoms. The van der Waals surface area contributed by atoms with Crippen LogP contribution in [0.2, 0.25) is 5.02 Å². The average molecular weight is 565 g/mol. The van der Waals surface area contributed by atoms with Gasteiger partial charge in [0.25, 0.3) is 11.8 Å². The molecule has 200 valence electrons. The Morgan fingerprint density at radius 1 is 1.13 bits per heavy atom. The van der Waals surface area contributed by atoms with Gasteiger partial charge in [0.1, 0.15) is 11.7 Å². The number of carboxylic acids is 1. The summed E-state index contributed by atoms with van der Waals surface area (Å²) in [4.78, 5) is 37.6. The number of carboxylic acid groups (broad SMARTS) is 1. The molecule has 3 N–H and O–H groups in total. The third-order valence-electron chi connectivity index (χ3n) is 4.77. The van der Waals surface area contributed by atoms with Crippen molar-refractivity contribution in [2.45, 2.75) is 12.2 Å². The predicted molar refractivity (Wildman–Crippen MR) is 144 cm³/mol. The number of carbonyl (C=O) groups excluding carboxylic acids is 2. The second kappa shape index (κ2) is 14.3. The van der Waals surface area contributed by atoms with Gasteiger partial charge in [-0.05, 0) is 53.6 Å². The fourth-order valence-corrected chi connectivity index (χ4v) is 4.03. The van der Waals surface area contributed by atoms with Crippen molar-refractivity contribution in [2.24, 2.45) is 0 Å². The van der Waals surface area contributed by atoms with E-state index in [-0.39, 0.29) is 17.0 Å². The summed E-state index contributed by atoms with van der Waals surface area (Å²) in [6.07, 6.45) is 1.67. The van der Waals surface area contributed by atoms with Gasteiger partial charge in [0, 0.05) is 22.1 Å². The van der Waals surface area contributed by atoms with Gasteiger partial charge < -0.3 is 15.7 Å². The van der Waals surface area contributed by atoms with Crippen LogP contribution in [0.1, 0.15) is 21.5 Å². The zero-order valence-corrected chi connectivity index (χ0v) is 21.5. The summed E-state index contributed by atoms with van der Waals surface area (Å²) in [5, 5.41) is 14.7. The molecule has 0 unspecified atom stereocenters. The third-order valence-corrected chi connectivity index (χ3v) is 6.15. The molecule has 0 saturated heterocycles. The minimum atomic E-state index is -4.58. The highest BCUT2D eigenvalue weighted by molar-refractivity contribution is 7.99. The number of allylic oxidation sites excluding steroid dienone is 3. The summed E-state index contributed by atoms with van der Waals surface area (Å²) >= 11 is 7.22. The molecule has 1 atom stereocenters.